The van der Waals surface area contributed by atoms with Crippen LogP contribution in [0.1, 0.15) is 12.8 Å². The molecule has 6 nitrogen and oxygen atoms in total. The standard InChI is InChI=1S/C18H22ClN3O3/c1-24-16-5-2-6-17(8-16)25-13-14-4-3-7-21(10-14)18(23)12-22-11-15(19)9-20-22/h2,5-6,8-9,11,14H,3-4,7,10,12-13H2,1H3/t14-/m0/s1. The number of carbonyl (C=O) groups is 1. The van der Waals surface area contributed by atoms with Gasteiger partial charge in [0.15, 0.2) is 0 Å². The van der Waals surface area contributed by atoms with E-state index in [1.807, 2.05) is 29.2 Å². The molecule has 1 saturated heterocycles. The lowest BCUT2D eigenvalue weighted by Crippen LogP contribution is -2.43. The quantitative estimate of drug-likeness (QED) is 0.791. The first-order valence-corrected chi connectivity index (χ1v) is 8.74. The molecule has 0 saturated carbocycles. The van der Waals surface area contributed by atoms with Crippen molar-refractivity contribution in [3.63, 3.8) is 0 Å². The highest BCUT2D eigenvalue weighted by Crippen LogP contribution is 2.22. The van der Waals surface area contributed by atoms with Gasteiger partial charge in [-0.2, -0.15) is 5.10 Å². The topological polar surface area (TPSA) is 56.6 Å². The van der Waals surface area contributed by atoms with E-state index in [2.05, 4.69) is 5.10 Å². The summed E-state index contributed by atoms with van der Waals surface area (Å²) in [6, 6.07) is 7.57. The first-order chi connectivity index (χ1) is 12.1. The van der Waals surface area contributed by atoms with Crippen LogP contribution in [0.3, 0.4) is 0 Å². The molecule has 0 N–H and O–H groups in total. The van der Waals surface area contributed by atoms with Gasteiger partial charge >= 0.3 is 0 Å². The smallest absolute Gasteiger partial charge is 0.244 e. The van der Waals surface area contributed by atoms with Gasteiger partial charge in [0.2, 0.25) is 5.91 Å². The molecule has 0 bridgehead atoms. The van der Waals surface area contributed by atoms with E-state index in [0.29, 0.717) is 24.1 Å². The number of piperidine rings is 1. The second-order valence-corrected chi connectivity index (χ2v) is 6.63. The van der Waals surface area contributed by atoms with Crippen molar-refractivity contribution in [3.05, 3.63) is 41.7 Å². The van der Waals surface area contributed by atoms with Gasteiger partial charge in [0.05, 0.1) is 24.9 Å². The first-order valence-electron chi connectivity index (χ1n) is 8.36. The highest BCUT2D eigenvalue weighted by atomic mass is 35.5. The number of rotatable bonds is 6. The highest BCUT2D eigenvalue weighted by molar-refractivity contribution is 6.30. The summed E-state index contributed by atoms with van der Waals surface area (Å²) >= 11 is 5.84. The van der Waals surface area contributed by atoms with E-state index in [-0.39, 0.29) is 12.5 Å². The Morgan fingerprint density at radius 3 is 3.00 bits per heavy atom. The van der Waals surface area contributed by atoms with Gasteiger partial charge in [0.1, 0.15) is 18.0 Å². The molecule has 1 atom stereocenters. The Labute approximate surface area is 152 Å². The number of amides is 1. The van der Waals surface area contributed by atoms with Gasteiger partial charge in [-0.25, -0.2) is 0 Å². The molecule has 2 aromatic rings. The van der Waals surface area contributed by atoms with Gasteiger partial charge in [-0.1, -0.05) is 17.7 Å². The van der Waals surface area contributed by atoms with Crippen LogP contribution in [0.25, 0.3) is 0 Å². The first kappa shape index (κ1) is 17.6. The van der Waals surface area contributed by atoms with Crippen LogP contribution in [0.2, 0.25) is 5.02 Å². The van der Waals surface area contributed by atoms with Gasteiger partial charge in [-0.3, -0.25) is 9.48 Å². The maximum Gasteiger partial charge on any atom is 0.244 e. The molecule has 1 aliphatic rings. The number of hydrogen-bond donors (Lipinski definition) is 0. The number of aromatic nitrogens is 2. The van der Waals surface area contributed by atoms with Crippen molar-refractivity contribution in [1.29, 1.82) is 0 Å². The van der Waals surface area contributed by atoms with E-state index in [1.165, 1.54) is 6.20 Å². The second kappa shape index (κ2) is 8.25. The van der Waals surface area contributed by atoms with Crippen LogP contribution in [0.5, 0.6) is 11.5 Å². The Hall–Kier alpha value is -2.21. The molecule has 0 spiro atoms. The number of methoxy groups -OCH3 is 1. The van der Waals surface area contributed by atoms with Gasteiger partial charge in [-0.05, 0) is 25.0 Å². The Kier molecular flexibility index (Phi) is 5.81. The molecule has 0 radical (unpaired) electrons. The molecule has 2 heterocycles. The average Bonchev–Trinajstić information content (AvgIpc) is 3.05. The fraction of sp³-hybridized carbons (Fsp3) is 0.444. The van der Waals surface area contributed by atoms with Crippen molar-refractivity contribution in [2.45, 2.75) is 19.4 Å². The third-order valence-corrected chi connectivity index (χ3v) is 4.49. The SMILES string of the molecule is COc1cccc(OC[C@H]2CCCN(C(=O)Cn3cc(Cl)cn3)C2)c1. The lowest BCUT2D eigenvalue weighted by molar-refractivity contribution is -0.134. The molecule has 1 aliphatic heterocycles. The number of benzene rings is 1. The zero-order valence-corrected chi connectivity index (χ0v) is 15.0. The minimum atomic E-state index is 0.0610. The van der Waals surface area contributed by atoms with Gasteiger partial charge in [0.25, 0.3) is 0 Å². The number of nitrogens with zero attached hydrogens (tertiary/aromatic N) is 3. The normalized spacial score (nSPS) is 17.4. The van der Waals surface area contributed by atoms with Crippen molar-refractivity contribution in [1.82, 2.24) is 14.7 Å². The second-order valence-electron chi connectivity index (χ2n) is 6.19. The Balaban J connectivity index is 1.51. The van der Waals surface area contributed by atoms with Crippen molar-refractivity contribution >= 4 is 17.5 Å². The van der Waals surface area contributed by atoms with Gasteiger partial charge in [-0.15, -0.1) is 0 Å². The minimum absolute atomic E-state index is 0.0610. The minimum Gasteiger partial charge on any atom is -0.497 e. The van der Waals surface area contributed by atoms with Crippen molar-refractivity contribution in [2.24, 2.45) is 5.92 Å². The molecular weight excluding hydrogens is 342 g/mol. The lowest BCUT2D eigenvalue weighted by atomic mass is 9.99. The maximum atomic E-state index is 12.4. The van der Waals surface area contributed by atoms with Gasteiger partial charge in [0, 0.05) is 31.3 Å². The number of ether oxygens (including phenoxy) is 2. The van der Waals surface area contributed by atoms with E-state index < -0.39 is 0 Å². The summed E-state index contributed by atoms with van der Waals surface area (Å²) in [4.78, 5) is 14.3. The zero-order chi connectivity index (χ0) is 17.6. The maximum absolute atomic E-state index is 12.4. The molecule has 1 aromatic heterocycles. The fourth-order valence-electron chi connectivity index (χ4n) is 3.00. The van der Waals surface area contributed by atoms with Crippen molar-refractivity contribution in [2.75, 3.05) is 26.8 Å². The summed E-state index contributed by atoms with van der Waals surface area (Å²) in [6.07, 6.45) is 5.24. The Bertz CT molecular complexity index is 719. The largest absolute Gasteiger partial charge is 0.497 e. The van der Waals surface area contributed by atoms with Crippen LogP contribution in [-0.4, -0.2) is 47.4 Å². The molecule has 134 valence electrons. The monoisotopic (exact) mass is 363 g/mol. The zero-order valence-electron chi connectivity index (χ0n) is 14.2. The molecule has 1 aromatic carbocycles. The summed E-state index contributed by atoms with van der Waals surface area (Å²) in [5.74, 6) is 1.95. The Morgan fingerprint density at radius 1 is 1.40 bits per heavy atom. The Morgan fingerprint density at radius 2 is 2.24 bits per heavy atom. The molecule has 0 aliphatic carbocycles. The van der Waals surface area contributed by atoms with Crippen LogP contribution < -0.4 is 9.47 Å². The number of carbonyl (C=O) groups excluding carboxylic acids is 1. The van der Waals surface area contributed by atoms with Crippen molar-refractivity contribution < 1.29 is 14.3 Å². The highest BCUT2D eigenvalue weighted by Gasteiger charge is 2.24. The third kappa shape index (κ3) is 4.89. The van der Waals surface area contributed by atoms with Gasteiger partial charge < -0.3 is 14.4 Å². The molecule has 1 amide bonds. The van der Waals surface area contributed by atoms with E-state index >= 15 is 0 Å². The summed E-state index contributed by atoms with van der Waals surface area (Å²) in [5, 5.41) is 4.60. The molecule has 7 heteroatoms. The number of hydrogen-bond acceptors (Lipinski definition) is 4. The lowest BCUT2D eigenvalue weighted by Gasteiger charge is -2.32. The van der Waals surface area contributed by atoms with Crippen molar-refractivity contribution in [3.8, 4) is 11.5 Å². The molecule has 0 unspecified atom stereocenters. The molecule has 25 heavy (non-hydrogen) atoms. The van der Waals surface area contributed by atoms with Crippen LogP contribution in [-0.2, 0) is 11.3 Å². The fourth-order valence-corrected chi connectivity index (χ4v) is 3.15. The van der Waals surface area contributed by atoms with E-state index in [0.717, 1.165) is 30.9 Å². The third-order valence-electron chi connectivity index (χ3n) is 4.30. The van der Waals surface area contributed by atoms with Crippen LogP contribution in [0, 0.1) is 5.92 Å². The summed E-state index contributed by atoms with van der Waals surface area (Å²) in [5.41, 5.74) is 0. The predicted molar refractivity (Wildman–Crippen MR) is 95.0 cm³/mol. The average molecular weight is 364 g/mol. The van der Waals surface area contributed by atoms with Crippen LogP contribution >= 0.6 is 11.6 Å². The van der Waals surface area contributed by atoms with E-state index in [1.54, 1.807) is 18.0 Å². The number of halogens is 1. The summed E-state index contributed by atoms with van der Waals surface area (Å²) in [6.45, 7) is 2.29. The summed E-state index contributed by atoms with van der Waals surface area (Å²) in [7, 11) is 1.64. The van der Waals surface area contributed by atoms with Crippen LogP contribution in [0.4, 0.5) is 0 Å². The predicted octanol–water partition coefficient (Wildman–Crippen LogP) is 2.86. The summed E-state index contributed by atoms with van der Waals surface area (Å²) < 4.78 is 12.7. The molecule has 3 rings (SSSR count). The number of likely N-dealkylation sites (tertiary alicyclic amines) is 1. The molecular formula is C18H22ClN3O3. The molecule has 1 fully saturated rings. The van der Waals surface area contributed by atoms with E-state index in [4.69, 9.17) is 21.1 Å². The van der Waals surface area contributed by atoms with Crippen LogP contribution in [0.15, 0.2) is 36.7 Å². The van der Waals surface area contributed by atoms with E-state index in [9.17, 15) is 4.79 Å².